The van der Waals surface area contributed by atoms with Gasteiger partial charge in [-0.15, -0.1) is 0 Å². The normalized spacial score (nSPS) is 13.6. The van der Waals surface area contributed by atoms with Gasteiger partial charge >= 0.3 is 0 Å². The van der Waals surface area contributed by atoms with Crippen molar-refractivity contribution in [1.82, 2.24) is 0 Å². The zero-order chi connectivity index (χ0) is 14.7. The van der Waals surface area contributed by atoms with Gasteiger partial charge in [0, 0.05) is 13.0 Å². The first-order valence-electron chi connectivity index (χ1n) is 6.80. The first kappa shape index (κ1) is 14.5. The van der Waals surface area contributed by atoms with E-state index in [0.29, 0.717) is 24.8 Å². The molecular weight excluding hydrogens is 354 g/mol. The number of nitrogens with one attached hydrogen (secondary N) is 1. The Hall–Kier alpha value is -1.39. The zero-order valence-corrected chi connectivity index (χ0v) is 13.7. The second-order valence-corrected chi connectivity index (χ2v) is 5.99. The Labute approximate surface area is 137 Å². The summed E-state index contributed by atoms with van der Waals surface area (Å²) in [6, 6.07) is 11.8. The first-order chi connectivity index (χ1) is 10.2. The maximum atomic E-state index is 6.09. The minimum Gasteiger partial charge on any atom is -0.490 e. The molecule has 0 saturated carbocycles. The highest BCUT2D eigenvalue weighted by atomic mass is 79.9. The molecule has 5 heteroatoms. The van der Waals surface area contributed by atoms with Crippen LogP contribution in [0.25, 0.3) is 0 Å². The van der Waals surface area contributed by atoms with E-state index in [2.05, 4.69) is 21.2 Å². The number of ether oxygens (including phenoxy) is 2. The van der Waals surface area contributed by atoms with Gasteiger partial charge in [-0.1, -0.05) is 23.7 Å². The Balaban J connectivity index is 1.73. The number of rotatable bonds is 3. The minimum absolute atomic E-state index is 0.690. The number of benzene rings is 2. The summed E-state index contributed by atoms with van der Waals surface area (Å²) in [4.78, 5) is 0. The van der Waals surface area contributed by atoms with E-state index in [4.69, 9.17) is 21.1 Å². The van der Waals surface area contributed by atoms with Crippen LogP contribution in [0.1, 0.15) is 12.0 Å². The Kier molecular flexibility index (Phi) is 4.56. The van der Waals surface area contributed by atoms with E-state index < -0.39 is 0 Å². The summed E-state index contributed by atoms with van der Waals surface area (Å²) < 4.78 is 12.2. The molecule has 0 aromatic heterocycles. The summed E-state index contributed by atoms with van der Waals surface area (Å²) >= 11 is 9.57. The second kappa shape index (κ2) is 6.58. The van der Waals surface area contributed by atoms with E-state index in [9.17, 15) is 0 Å². The van der Waals surface area contributed by atoms with Gasteiger partial charge in [0.25, 0.3) is 0 Å². The van der Waals surface area contributed by atoms with Crippen LogP contribution in [0.3, 0.4) is 0 Å². The van der Waals surface area contributed by atoms with E-state index in [-0.39, 0.29) is 0 Å². The third-order valence-corrected chi connectivity index (χ3v) is 4.64. The predicted molar refractivity (Wildman–Crippen MR) is 88.5 cm³/mol. The van der Waals surface area contributed by atoms with Crippen molar-refractivity contribution in [3.63, 3.8) is 0 Å². The van der Waals surface area contributed by atoms with Crippen LogP contribution < -0.4 is 14.8 Å². The lowest BCUT2D eigenvalue weighted by atomic mass is 10.2. The summed E-state index contributed by atoms with van der Waals surface area (Å²) in [6.07, 6.45) is 0.914. The number of fused-ring (bicyclic) bond motifs is 1. The lowest BCUT2D eigenvalue weighted by molar-refractivity contribution is 0.297. The molecule has 3 rings (SSSR count). The summed E-state index contributed by atoms with van der Waals surface area (Å²) in [5.41, 5.74) is 2.10. The molecular formula is C16H15BrClNO2. The van der Waals surface area contributed by atoms with Gasteiger partial charge in [-0.05, 0) is 45.8 Å². The molecule has 2 aromatic carbocycles. The average Bonchev–Trinajstić information content (AvgIpc) is 2.73. The predicted octanol–water partition coefficient (Wildman–Crippen LogP) is 4.88. The molecule has 1 aliphatic heterocycles. The molecule has 1 aliphatic rings. The highest BCUT2D eigenvalue weighted by molar-refractivity contribution is 9.10. The van der Waals surface area contributed by atoms with E-state index >= 15 is 0 Å². The van der Waals surface area contributed by atoms with Crippen molar-refractivity contribution in [3.8, 4) is 11.5 Å². The van der Waals surface area contributed by atoms with Gasteiger partial charge in [-0.25, -0.2) is 0 Å². The van der Waals surface area contributed by atoms with Gasteiger partial charge in [0.1, 0.15) is 0 Å². The Morgan fingerprint density at radius 2 is 1.90 bits per heavy atom. The first-order valence-corrected chi connectivity index (χ1v) is 7.97. The van der Waals surface area contributed by atoms with Gasteiger partial charge in [0.2, 0.25) is 0 Å². The number of hydrogen-bond acceptors (Lipinski definition) is 3. The minimum atomic E-state index is 0.690. The molecule has 0 unspecified atom stereocenters. The molecule has 0 spiro atoms. The quantitative estimate of drug-likeness (QED) is 0.838. The topological polar surface area (TPSA) is 30.5 Å². The second-order valence-electron chi connectivity index (χ2n) is 4.79. The maximum Gasteiger partial charge on any atom is 0.161 e. The highest BCUT2D eigenvalue weighted by Gasteiger charge is 2.11. The third-order valence-electron chi connectivity index (χ3n) is 3.25. The van der Waals surface area contributed by atoms with E-state index in [0.717, 1.165) is 33.6 Å². The van der Waals surface area contributed by atoms with Crippen LogP contribution in [0.5, 0.6) is 11.5 Å². The van der Waals surface area contributed by atoms with Gasteiger partial charge in [-0.2, -0.15) is 0 Å². The monoisotopic (exact) mass is 367 g/mol. The molecule has 0 radical (unpaired) electrons. The molecule has 110 valence electrons. The van der Waals surface area contributed by atoms with Crippen LogP contribution in [0.2, 0.25) is 5.02 Å². The van der Waals surface area contributed by atoms with Gasteiger partial charge in [-0.3, -0.25) is 0 Å². The van der Waals surface area contributed by atoms with Crippen molar-refractivity contribution in [2.75, 3.05) is 18.5 Å². The zero-order valence-electron chi connectivity index (χ0n) is 11.4. The van der Waals surface area contributed by atoms with Crippen LogP contribution in [0.4, 0.5) is 5.69 Å². The fourth-order valence-electron chi connectivity index (χ4n) is 2.16. The van der Waals surface area contributed by atoms with Crippen LogP contribution in [0, 0.1) is 0 Å². The van der Waals surface area contributed by atoms with Crippen molar-refractivity contribution < 1.29 is 9.47 Å². The van der Waals surface area contributed by atoms with Crippen molar-refractivity contribution in [2.45, 2.75) is 13.0 Å². The highest BCUT2D eigenvalue weighted by Crippen LogP contribution is 2.32. The maximum absolute atomic E-state index is 6.09. The summed E-state index contributed by atoms with van der Waals surface area (Å²) in [7, 11) is 0. The number of hydrogen-bond donors (Lipinski definition) is 1. The van der Waals surface area contributed by atoms with Gasteiger partial charge < -0.3 is 14.8 Å². The third kappa shape index (κ3) is 3.44. The molecule has 0 saturated heterocycles. The number of anilines is 1. The number of halogens is 2. The van der Waals surface area contributed by atoms with Crippen LogP contribution >= 0.6 is 27.5 Å². The SMILES string of the molecule is Clc1cccc(NCc2ccc3c(c2)OCCCO3)c1Br. The average molecular weight is 369 g/mol. The van der Waals surface area contributed by atoms with E-state index in [1.807, 2.05) is 36.4 Å². The van der Waals surface area contributed by atoms with Gasteiger partial charge in [0.05, 0.1) is 28.4 Å². The lowest BCUT2D eigenvalue weighted by Crippen LogP contribution is -2.01. The molecule has 0 bridgehead atoms. The summed E-state index contributed by atoms with van der Waals surface area (Å²) in [5.74, 6) is 1.64. The molecule has 21 heavy (non-hydrogen) atoms. The Morgan fingerprint density at radius 1 is 1.10 bits per heavy atom. The fraction of sp³-hybridized carbons (Fsp3) is 0.250. The van der Waals surface area contributed by atoms with Crippen molar-refractivity contribution in [3.05, 3.63) is 51.5 Å². The van der Waals surface area contributed by atoms with Crippen LogP contribution in [-0.2, 0) is 6.54 Å². The standard InChI is InChI=1S/C16H15BrClNO2/c17-16-12(18)3-1-4-13(16)19-10-11-5-6-14-15(9-11)21-8-2-7-20-14/h1,3-6,9,19H,2,7-8,10H2. The largest absolute Gasteiger partial charge is 0.490 e. The summed E-state index contributed by atoms with van der Waals surface area (Å²) in [5, 5.41) is 4.06. The molecule has 0 fully saturated rings. The molecule has 0 aliphatic carbocycles. The molecule has 2 aromatic rings. The van der Waals surface area contributed by atoms with Crippen molar-refractivity contribution >= 4 is 33.2 Å². The van der Waals surface area contributed by atoms with Gasteiger partial charge in [0.15, 0.2) is 11.5 Å². The Bertz CT molecular complexity index is 648. The van der Waals surface area contributed by atoms with E-state index in [1.54, 1.807) is 0 Å². The molecule has 3 nitrogen and oxygen atoms in total. The lowest BCUT2D eigenvalue weighted by Gasteiger charge is -2.12. The molecule has 0 atom stereocenters. The fourth-order valence-corrected chi connectivity index (χ4v) is 2.73. The van der Waals surface area contributed by atoms with Crippen LogP contribution in [-0.4, -0.2) is 13.2 Å². The molecule has 1 N–H and O–H groups in total. The Morgan fingerprint density at radius 3 is 2.76 bits per heavy atom. The van der Waals surface area contributed by atoms with E-state index in [1.165, 1.54) is 0 Å². The smallest absolute Gasteiger partial charge is 0.161 e. The van der Waals surface area contributed by atoms with Crippen molar-refractivity contribution in [2.24, 2.45) is 0 Å². The summed E-state index contributed by atoms with van der Waals surface area (Å²) in [6.45, 7) is 2.10. The molecule has 1 heterocycles. The molecule has 0 amide bonds. The van der Waals surface area contributed by atoms with Crippen molar-refractivity contribution in [1.29, 1.82) is 0 Å². The van der Waals surface area contributed by atoms with Crippen LogP contribution in [0.15, 0.2) is 40.9 Å².